The molecule has 0 bridgehead atoms. The van der Waals surface area contributed by atoms with Crippen molar-refractivity contribution in [2.24, 2.45) is 0 Å². The smallest absolute Gasteiger partial charge is 0.350 e. The summed E-state index contributed by atoms with van der Waals surface area (Å²) in [5.41, 5.74) is 1.62. The molecule has 2 aromatic rings. The van der Waals surface area contributed by atoms with Gasteiger partial charge in [0.2, 0.25) is 0 Å². The molecule has 0 unspecified atom stereocenters. The summed E-state index contributed by atoms with van der Waals surface area (Å²) in [4.78, 5) is 33.8. The minimum absolute atomic E-state index is 0.377. The summed E-state index contributed by atoms with van der Waals surface area (Å²) >= 11 is 3.39. The molecule has 0 aliphatic carbocycles. The van der Waals surface area contributed by atoms with Gasteiger partial charge in [0.25, 0.3) is 0 Å². The predicted octanol–water partition coefficient (Wildman–Crippen LogP) is 4.84. The van der Waals surface area contributed by atoms with Crippen LogP contribution >= 0.6 is 15.9 Å². The zero-order valence-corrected chi connectivity index (χ0v) is 17.4. The lowest BCUT2D eigenvalue weighted by molar-refractivity contribution is -0.256. The number of rotatable bonds is 6. The second kappa shape index (κ2) is 9.15. The van der Waals surface area contributed by atoms with E-state index in [9.17, 15) is 9.59 Å². The third-order valence-electron chi connectivity index (χ3n) is 3.75. The van der Waals surface area contributed by atoms with E-state index in [0.717, 1.165) is 15.6 Å². The van der Waals surface area contributed by atoms with E-state index < -0.39 is 17.5 Å². The minimum atomic E-state index is -0.549. The van der Waals surface area contributed by atoms with Gasteiger partial charge in [-0.2, -0.15) is 4.89 Å². The monoisotopic (exact) mass is 434 g/mol. The van der Waals surface area contributed by atoms with E-state index in [4.69, 9.17) is 9.62 Å². The van der Waals surface area contributed by atoms with Gasteiger partial charge in [0, 0.05) is 4.47 Å². The number of carbonyl (C=O) groups excluding carboxylic acids is 2. The van der Waals surface area contributed by atoms with Crippen LogP contribution in [0.15, 0.2) is 53.0 Å². The predicted molar refractivity (Wildman–Crippen MR) is 105 cm³/mol. The second-order valence-electron chi connectivity index (χ2n) is 7.08. The highest BCUT2D eigenvalue weighted by atomic mass is 79.9. The maximum atomic E-state index is 12.3. The number of esters is 1. The first-order chi connectivity index (χ1) is 12.7. The summed E-state index contributed by atoms with van der Waals surface area (Å²) in [6.07, 6.45) is 0.415. The molecule has 0 aliphatic heterocycles. The van der Waals surface area contributed by atoms with Crippen LogP contribution in [0.5, 0.6) is 0 Å². The van der Waals surface area contributed by atoms with Gasteiger partial charge in [0.05, 0.1) is 18.6 Å². The quantitative estimate of drug-likeness (QED) is 0.369. The van der Waals surface area contributed by atoms with Crippen LogP contribution in [0.25, 0.3) is 0 Å². The van der Waals surface area contributed by atoms with Gasteiger partial charge >= 0.3 is 11.9 Å². The van der Waals surface area contributed by atoms with Crippen molar-refractivity contribution in [1.29, 1.82) is 0 Å². The summed E-state index contributed by atoms with van der Waals surface area (Å²) in [7, 11) is 1.30. The van der Waals surface area contributed by atoms with Gasteiger partial charge < -0.3 is 4.74 Å². The molecule has 6 heteroatoms. The maximum absolute atomic E-state index is 12.3. The Morgan fingerprint density at radius 1 is 1.00 bits per heavy atom. The maximum Gasteiger partial charge on any atom is 0.350 e. The SMILES string of the molecule is COOC(=O)[C@H](Cc1ccc(C(=O)OC(C)(C)C)cc1)c1ccc(Br)cc1. The van der Waals surface area contributed by atoms with Crippen LogP contribution in [0.2, 0.25) is 0 Å². The molecule has 27 heavy (non-hydrogen) atoms. The Kier molecular flexibility index (Phi) is 7.16. The molecule has 2 rings (SSSR count). The third kappa shape index (κ3) is 6.48. The van der Waals surface area contributed by atoms with Crippen molar-refractivity contribution in [2.75, 3.05) is 7.11 Å². The molecule has 1 atom stereocenters. The van der Waals surface area contributed by atoms with Crippen molar-refractivity contribution in [3.63, 3.8) is 0 Å². The molecule has 0 spiro atoms. The van der Waals surface area contributed by atoms with E-state index in [1.165, 1.54) is 7.11 Å². The zero-order chi connectivity index (χ0) is 20.0. The lowest BCUT2D eigenvalue weighted by Gasteiger charge is -2.19. The van der Waals surface area contributed by atoms with E-state index in [1.54, 1.807) is 12.1 Å². The van der Waals surface area contributed by atoms with E-state index in [-0.39, 0.29) is 5.97 Å². The highest BCUT2D eigenvalue weighted by Crippen LogP contribution is 2.25. The molecule has 0 aliphatic rings. The number of halogens is 1. The fourth-order valence-corrected chi connectivity index (χ4v) is 2.79. The van der Waals surface area contributed by atoms with Gasteiger partial charge in [-0.3, -0.25) is 4.89 Å². The third-order valence-corrected chi connectivity index (χ3v) is 4.28. The minimum Gasteiger partial charge on any atom is -0.456 e. The Balaban J connectivity index is 2.18. The van der Waals surface area contributed by atoms with E-state index in [2.05, 4.69) is 20.8 Å². The highest BCUT2D eigenvalue weighted by Gasteiger charge is 2.24. The molecule has 0 amide bonds. The van der Waals surface area contributed by atoms with Crippen LogP contribution in [0, 0.1) is 0 Å². The average molecular weight is 435 g/mol. The van der Waals surface area contributed by atoms with E-state index >= 15 is 0 Å². The number of carbonyl (C=O) groups is 2. The first-order valence-electron chi connectivity index (χ1n) is 8.52. The molecule has 0 saturated heterocycles. The van der Waals surface area contributed by atoms with Crippen LogP contribution in [-0.2, 0) is 25.7 Å². The number of hydrogen-bond donors (Lipinski definition) is 0. The Bertz CT molecular complexity index is 776. The van der Waals surface area contributed by atoms with Crippen molar-refractivity contribution < 1.29 is 24.1 Å². The molecule has 2 aromatic carbocycles. The fourth-order valence-electron chi connectivity index (χ4n) is 2.52. The fraction of sp³-hybridized carbons (Fsp3) is 0.333. The normalized spacial score (nSPS) is 12.3. The topological polar surface area (TPSA) is 61.8 Å². The lowest BCUT2D eigenvalue weighted by Crippen LogP contribution is -2.23. The Morgan fingerprint density at radius 3 is 2.11 bits per heavy atom. The van der Waals surface area contributed by atoms with Gasteiger partial charge in [-0.15, -0.1) is 0 Å². The first-order valence-corrected chi connectivity index (χ1v) is 9.31. The number of hydrogen-bond acceptors (Lipinski definition) is 5. The highest BCUT2D eigenvalue weighted by molar-refractivity contribution is 9.10. The second-order valence-corrected chi connectivity index (χ2v) is 7.99. The summed E-state index contributed by atoms with van der Waals surface area (Å²) in [5.74, 6) is -1.38. The Morgan fingerprint density at radius 2 is 1.59 bits per heavy atom. The molecule has 144 valence electrons. The van der Waals surface area contributed by atoms with Crippen LogP contribution < -0.4 is 0 Å². The van der Waals surface area contributed by atoms with Crippen LogP contribution in [0.3, 0.4) is 0 Å². The van der Waals surface area contributed by atoms with Gasteiger partial charge in [-0.25, -0.2) is 9.59 Å². The van der Waals surface area contributed by atoms with Gasteiger partial charge in [0.1, 0.15) is 5.60 Å². The zero-order valence-electron chi connectivity index (χ0n) is 15.8. The van der Waals surface area contributed by atoms with Crippen LogP contribution in [0.4, 0.5) is 0 Å². The van der Waals surface area contributed by atoms with Crippen molar-refractivity contribution in [3.05, 3.63) is 69.7 Å². The largest absolute Gasteiger partial charge is 0.456 e. The summed E-state index contributed by atoms with van der Waals surface area (Å²) in [5, 5.41) is 0. The van der Waals surface area contributed by atoms with E-state index in [0.29, 0.717) is 12.0 Å². The van der Waals surface area contributed by atoms with Crippen molar-refractivity contribution >= 4 is 27.9 Å². The molecular formula is C21H23BrO5. The molecular weight excluding hydrogens is 412 g/mol. The van der Waals surface area contributed by atoms with Gasteiger partial charge in [-0.1, -0.05) is 40.2 Å². The van der Waals surface area contributed by atoms with Crippen LogP contribution in [-0.4, -0.2) is 24.6 Å². The molecule has 0 fully saturated rings. The van der Waals surface area contributed by atoms with Gasteiger partial charge in [0.15, 0.2) is 0 Å². The van der Waals surface area contributed by atoms with Gasteiger partial charge in [-0.05, 0) is 62.6 Å². The van der Waals surface area contributed by atoms with Crippen molar-refractivity contribution in [1.82, 2.24) is 0 Å². The van der Waals surface area contributed by atoms with Crippen molar-refractivity contribution in [3.8, 4) is 0 Å². The number of benzene rings is 2. The van der Waals surface area contributed by atoms with E-state index in [1.807, 2.05) is 57.2 Å². The average Bonchev–Trinajstić information content (AvgIpc) is 2.60. The molecule has 0 radical (unpaired) electrons. The number of ether oxygens (including phenoxy) is 1. The summed E-state index contributed by atoms with van der Waals surface area (Å²) < 4.78 is 6.28. The molecule has 0 aromatic heterocycles. The summed E-state index contributed by atoms with van der Waals surface area (Å²) in [6, 6.07) is 14.5. The Hall–Kier alpha value is -2.18. The Labute approximate surface area is 167 Å². The standard InChI is InChI=1S/C21H23BrO5/c1-21(2,3)26-19(23)16-7-5-14(6-8-16)13-18(20(24)27-25-4)15-9-11-17(22)12-10-15/h5-12,18H,13H2,1-4H3/t18-/m1/s1. The first kappa shape index (κ1) is 21.1. The van der Waals surface area contributed by atoms with Crippen molar-refractivity contribution in [2.45, 2.75) is 38.7 Å². The lowest BCUT2D eigenvalue weighted by atomic mass is 9.92. The molecule has 0 N–H and O–H groups in total. The summed E-state index contributed by atoms with van der Waals surface area (Å²) in [6.45, 7) is 5.47. The molecule has 0 saturated carbocycles. The van der Waals surface area contributed by atoms with Crippen LogP contribution in [0.1, 0.15) is 48.2 Å². The molecule has 5 nitrogen and oxygen atoms in total. The molecule has 0 heterocycles.